The number of benzene rings is 2. The standard InChI is InChI=1S/C28H31ClN6O3S/c1-30-28-34-25(18-14-20(36-2)17-21(15-18)37-3)26(39-28)23-8-9-31-27(33-23)32-19-6-7-24(22(29)16-19)38-13-12-35-10-4-5-11-35/h6-9,14-17H,4-5,10-13H2,1-3H3,(H,30,34)(H,31,32,33). The van der Waals surface area contributed by atoms with Gasteiger partial charge in [-0.2, -0.15) is 0 Å². The second kappa shape index (κ2) is 12.5. The number of aromatic nitrogens is 3. The van der Waals surface area contributed by atoms with E-state index in [9.17, 15) is 0 Å². The van der Waals surface area contributed by atoms with Crippen molar-refractivity contribution >= 4 is 39.7 Å². The highest BCUT2D eigenvalue weighted by atomic mass is 35.5. The Balaban J connectivity index is 1.35. The van der Waals surface area contributed by atoms with Crippen molar-refractivity contribution in [1.82, 2.24) is 19.9 Å². The molecule has 1 aliphatic rings. The lowest BCUT2D eigenvalue weighted by Crippen LogP contribution is -2.25. The molecule has 11 heteroatoms. The summed E-state index contributed by atoms with van der Waals surface area (Å²) in [5, 5.41) is 7.70. The lowest BCUT2D eigenvalue weighted by atomic mass is 10.1. The smallest absolute Gasteiger partial charge is 0.227 e. The van der Waals surface area contributed by atoms with Crippen LogP contribution in [-0.2, 0) is 0 Å². The average Bonchev–Trinajstić information content (AvgIpc) is 3.64. The van der Waals surface area contributed by atoms with Crippen LogP contribution in [0.25, 0.3) is 21.8 Å². The van der Waals surface area contributed by atoms with Crippen molar-refractivity contribution in [3.8, 4) is 39.1 Å². The van der Waals surface area contributed by atoms with E-state index in [0.29, 0.717) is 34.8 Å². The van der Waals surface area contributed by atoms with Crippen molar-refractivity contribution in [1.29, 1.82) is 0 Å². The number of methoxy groups -OCH3 is 2. The number of nitrogens with one attached hydrogen (secondary N) is 2. The molecule has 2 aromatic carbocycles. The van der Waals surface area contributed by atoms with E-state index in [1.54, 1.807) is 20.4 Å². The van der Waals surface area contributed by atoms with Crippen molar-refractivity contribution in [2.45, 2.75) is 12.8 Å². The first-order chi connectivity index (χ1) is 19.1. The molecule has 0 saturated carbocycles. The Bertz CT molecular complexity index is 1400. The van der Waals surface area contributed by atoms with Gasteiger partial charge in [0.2, 0.25) is 5.95 Å². The number of hydrogen-bond donors (Lipinski definition) is 2. The zero-order valence-electron chi connectivity index (χ0n) is 22.2. The molecule has 5 rings (SSSR count). The van der Waals surface area contributed by atoms with Crippen LogP contribution in [0.4, 0.5) is 16.8 Å². The SMILES string of the molecule is CNc1nc(-c2cc(OC)cc(OC)c2)c(-c2ccnc(Nc3ccc(OCCN4CCCC4)c(Cl)c3)n2)s1. The normalized spacial score (nSPS) is 13.3. The number of thiazole rings is 1. The maximum atomic E-state index is 6.52. The van der Waals surface area contributed by atoms with E-state index in [1.165, 1.54) is 24.2 Å². The molecule has 0 spiro atoms. The fraction of sp³-hybridized carbons (Fsp3) is 0.321. The summed E-state index contributed by atoms with van der Waals surface area (Å²) in [6, 6.07) is 13.2. The van der Waals surface area contributed by atoms with Crippen molar-refractivity contribution in [3.63, 3.8) is 0 Å². The van der Waals surface area contributed by atoms with Gasteiger partial charge in [0.15, 0.2) is 5.13 Å². The molecule has 39 heavy (non-hydrogen) atoms. The molecule has 204 valence electrons. The number of halogens is 1. The van der Waals surface area contributed by atoms with Crippen molar-refractivity contribution in [3.05, 3.63) is 53.7 Å². The molecule has 2 aromatic heterocycles. The van der Waals surface area contributed by atoms with Gasteiger partial charge in [-0.15, -0.1) is 0 Å². The average molecular weight is 567 g/mol. The summed E-state index contributed by atoms with van der Waals surface area (Å²) in [5.74, 6) is 2.47. The molecular weight excluding hydrogens is 536 g/mol. The van der Waals surface area contributed by atoms with E-state index < -0.39 is 0 Å². The number of anilines is 3. The topological polar surface area (TPSA) is 93.7 Å². The second-order valence-electron chi connectivity index (χ2n) is 8.98. The molecule has 1 fully saturated rings. The van der Waals surface area contributed by atoms with Crippen LogP contribution < -0.4 is 24.8 Å². The van der Waals surface area contributed by atoms with E-state index in [0.717, 1.165) is 52.3 Å². The Morgan fingerprint density at radius 3 is 2.46 bits per heavy atom. The van der Waals surface area contributed by atoms with Gasteiger partial charge in [0.05, 0.1) is 35.5 Å². The lowest BCUT2D eigenvalue weighted by Gasteiger charge is -2.16. The van der Waals surface area contributed by atoms with Gasteiger partial charge in [-0.05, 0) is 62.3 Å². The fourth-order valence-corrected chi connectivity index (χ4v) is 5.55. The second-order valence-corrected chi connectivity index (χ2v) is 10.4. The van der Waals surface area contributed by atoms with E-state index >= 15 is 0 Å². The summed E-state index contributed by atoms with van der Waals surface area (Å²) in [4.78, 5) is 17.3. The van der Waals surface area contributed by atoms with Gasteiger partial charge >= 0.3 is 0 Å². The van der Waals surface area contributed by atoms with Gasteiger partial charge in [-0.1, -0.05) is 22.9 Å². The summed E-state index contributed by atoms with van der Waals surface area (Å²) in [6.45, 7) is 3.81. The van der Waals surface area contributed by atoms with Crippen molar-refractivity contribution in [2.75, 3.05) is 58.1 Å². The number of hydrogen-bond acceptors (Lipinski definition) is 10. The number of rotatable bonds is 11. The van der Waals surface area contributed by atoms with Crippen LogP contribution >= 0.6 is 22.9 Å². The number of ether oxygens (including phenoxy) is 3. The minimum Gasteiger partial charge on any atom is -0.497 e. The van der Waals surface area contributed by atoms with Crippen LogP contribution in [0, 0.1) is 0 Å². The van der Waals surface area contributed by atoms with Crippen molar-refractivity contribution < 1.29 is 14.2 Å². The predicted octanol–water partition coefficient (Wildman–Crippen LogP) is 6.20. The van der Waals surface area contributed by atoms with Gasteiger partial charge in [0.1, 0.15) is 23.9 Å². The van der Waals surface area contributed by atoms with Gasteiger partial charge in [0, 0.05) is 37.1 Å². The molecule has 3 heterocycles. The molecule has 2 N–H and O–H groups in total. The summed E-state index contributed by atoms with van der Waals surface area (Å²) in [5.41, 5.74) is 3.13. The molecule has 0 radical (unpaired) electrons. The van der Waals surface area contributed by atoms with Crippen LogP contribution in [-0.4, -0.2) is 67.4 Å². The van der Waals surface area contributed by atoms with Gasteiger partial charge in [0.25, 0.3) is 0 Å². The molecule has 1 aliphatic heterocycles. The van der Waals surface area contributed by atoms with Gasteiger partial charge in [-0.3, -0.25) is 4.90 Å². The maximum Gasteiger partial charge on any atom is 0.227 e. The summed E-state index contributed by atoms with van der Waals surface area (Å²) >= 11 is 8.03. The zero-order valence-corrected chi connectivity index (χ0v) is 23.7. The highest BCUT2D eigenvalue weighted by Crippen LogP contribution is 2.40. The van der Waals surface area contributed by atoms with Crippen molar-refractivity contribution in [2.24, 2.45) is 0 Å². The first-order valence-corrected chi connectivity index (χ1v) is 13.9. The Morgan fingerprint density at radius 1 is 1.00 bits per heavy atom. The minimum atomic E-state index is 0.444. The van der Waals surface area contributed by atoms with E-state index in [-0.39, 0.29) is 0 Å². The fourth-order valence-electron chi connectivity index (χ4n) is 4.40. The first kappa shape index (κ1) is 27.0. The predicted molar refractivity (Wildman–Crippen MR) is 157 cm³/mol. The third-order valence-electron chi connectivity index (χ3n) is 6.41. The molecule has 9 nitrogen and oxygen atoms in total. The molecular formula is C28H31ClN6O3S. The molecule has 1 saturated heterocycles. The molecule has 0 bridgehead atoms. The van der Waals surface area contributed by atoms with Gasteiger partial charge < -0.3 is 24.8 Å². The Kier molecular flexibility index (Phi) is 8.65. The molecule has 0 aliphatic carbocycles. The summed E-state index contributed by atoms with van der Waals surface area (Å²) < 4.78 is 16.9. The third kappa shape index (κ3) is 6.52. The van der Waals surface area contributed by atoms with E-state index in [2.05, 4.69) is 20.5 Å². The highest BCUT2D eigenvalue weighted by Gasteiger charge is 2.18. The van der Waals surface area contributed by atoms with Crippen LogP contribution in [0.1, 0.15) is 12.8 Å². The van der Waals surface area contributed by atoms with Gasteiger partial charge in [-0.25, -0.2) is 15.0 Å². The molecule has 0 atom stereocenters. The Morgan fingerprint density at radius 2 is 1.77 bits per heavy atom. The Labute approximate surface area is 237 Å². The number of nitrogens with zero attached hydrogens (tertiary/aromatic N) is 4. The Hall–Kier alpha value is -3.60. The molecule has 0 unspecified atom stereocenters. The maximum absolute atomic E-state index is 6.52. The third-order valence-corrected chi connectivity index (χ3v) is 7.80. The monoisotopic (exact) mass is 566 g/mol. The van der Waals surface area contributed by atoms with E-state index in [1.807, 2.05) is 49.5 Å². The van der Waals surface area contributed by atoms with Crippen LogP contribution in [0.15, 0.2) is 48.7 Å². The van der Waals surface area contributed by atoms with Crippen LogP contribution in [0.5, 0.6) is 17.2 Å². The molecule has 4 aromatic rings. The summed E-state index contributed by atoms with van der Waals surface area (Å²) in [7, 11) is 5.10. The number of likely N-dealkylation sites (tertiary alicyclic amines) is 1. The highest BCUT2D eigenvalue weighted by molar-refractivity contribution is 7.19. The summed E-state index contributed by atoms with van der Waals surface area (Å²) in [6.07, 6.45) is 4.25. The zero-order chi connectivity index (χ0) is 27.2. The van der Waals surface area contributed by atoms with E-state index in [4.69, 9.17) is 35.8 Å². The first-order valence-electron chi connectivity index (χ1n) is 12.7. The minimum absolute atomic E-state index is 0.444. The largest absolute Gasteiger partial charge is 0.497 e. The quantitative estimate of drug-likeness (QED) is 0.220. The molecule has 0 amide bonds. The van der Waals surface area contributed by atoms with Crippen LogP contribution in [0.2, 0.25) is 5.02 Å². The van der Waals surface area contributed by atoms with Crippen LogP contribution in [0.3, 0.4) is 0 Å². The lowest BCUT2D eigenvalue weighted by molar-refractivity contribution is 0.238.